The third-order valence-electron chi connectivity index (χ3n) is 4.56. The zero-order valence-corrected chi connectivity index (χ0v) is 16.3. The van der Waals surface area contributed by atoms with Gasteiger partial charge in [-0.25, -0.2) is 9.67 Å². The Balaban J connectivity index is 0.00000131. The van der Waals surface area contributed by atoms with Gasteiger partial charge in [-0.2, -0.15) is 10.1 Å². The van der Waals surface area contributed by atoms with Gasteiger partial charge in [-0.1, -0.05) is 18.2 Å². The number of para-hydroxylation sites is 1. The lowest BCUT2D eigenvalue weighted by Gasteiger charge is -2.32. The van der Waals surface area contributed by atoms with Crippen LogP contribution in [0.3, 0.4) is 0 Å². The molecule has 5 N–H and O–H groups in total. The van der Waals surface area contributed by atoms with Crippen molar-refractivity contribution in [3.8, 4) is 5.69 Å². The van der Waals surface area contributed by atoms with Crippen LogP contribution in [0.25, 0.3) is 5.69 Å². The minimum atomic E-state index is 0. The second-order valence-corrected chi connectivity index (χ2v) is 6.40. The third kappa shape index (κ3) is 4.68. The lowest BCUT2D eigenvalue weighted by atomic mass is 9.78. The van der Waals surface area contributed by atoms with Crippen LogP contribution >= 0.6 is 24.8 Å². The molecule has 9 heteroatoms. The predicted octanol–water partition coefficient (Wildman–Crippen LogP) is 2.90. The molecule has 1 aromatic carbocycles. The summed E-state index contributed by atoms with van der Waals surface area (Å²) in [6, 6.07) is 12.3. The number of anilines is 2. The van der Waals surface area contributed by atoms with Crippen LogP contribution in [-0.4, -0.2) is 25.8 Å². The Labute approximate surface area is 170 Å². The zero-order valence-electron chi connectivity index (χ0n) is 14.7. The standard InChI is InChI=1S/C18H21N7.2ClH/c19-14-8-13(9-14)15-10-17(24-18(20)23-15)21-11-12-4-1-2-5-16(12)25-7-3-6-22-25;;/h1-7,10,13-14H,8-9,11,19H2,(H3,20,21,23,24);2*1H. The van der Waals surface area contributed by atoms with Crippen LogP contribution in [0.4, 0.5) is 11.8 Å². The van der Waals surface area contributed by atoms with E-state index in [0.717, 1.165) is 35.6 Å². The van der Waals surface area contributed by atoms with Gasteiger partial charge in [0.05, 0.1) is 11.4 Å². The Bertz CT molecular complexity index is 864. The van der Waals surface area contributed by atoms with Crippen LogP contribution < -0.4 is 16.8 Å². The molecule has 1 aliphatic carbocycles. The smallest absolute Gasteiger partial charge is 0.222 e. The van der Waals surface area contributed by atoms with Crippen molar-refractivity contribution in [3.63, 3.8) is 0 Å². The molecule has 1 aliphatic rings. The second kappa shape index (κ2) is 9.03. The lowest BCUT2D eigenvalue weighted by Crippen LogP contribution is -2.35. The van der Waals surface area contributed by atoms with Crippen LogP contribution in [0.2, 0.25) is 0 Å². The molecule has 7 nitrogen and oxygen atoms in total. The van der Waals surface area contributed by atoms with Crippen LogP contribution in [-0.2, 0) is 6.54 Å². The van der Waals surface area contributed by atoms with E-state index in [4.69, 9.17) is 11.5 Å². The molecule has 0 radical (unpaired) electrons. The number of rotatable bonds is 5. The summed E-state index contributed by atoms with van der Waals surface area (Å²) >= 11 is 0. The first-order chi connectivity index (χ1) is 12.2. The quantitative estimate of drug-likeness (QED) is 0.599. The summed E-state index contributed by atoms with van der Waals surface area (Å²) < 4.78 is 1.85. The Hall–Kier alpha value is -2.35. The minimum Gasteiger partial charge on any atom is -0.368 e. The van der Waals surface area contributed by atoms with E-state index in [1.165, 1.54) is 0 Å². The molecule has 144 valence electrons. The van der Waals surface area contributed by atoms with Gasteiger partial charge in [-0.05, 0) is 30.5 Å². The summed E-state index contributed by atoms with van der Waals surface area (Å²) in [5.74, 6) is 1.41. The first-order valence-corrected chi connectivity index (χ1v) is 8.41. The van der Waals surface area contributed by atoms with Crippen LogP contribution in [0.5, 0.6) is 0 Å². The maximum Gasteiger partial charge on any atom is 0.222 e. The maximum absolute atomic E-state index is 5.88. The normalized spacial score (nSPS) is 18.0. The van der Waals surface area contributed by atoms with Crippen molar-refractivity contribution in [2.75, 3.05) is 11.1 Å². The average Bonchev–Trinajstić information content (AvgIpc) is 3.11. The highest BCUT2D eigenvalue weighted by molar-refractivity contribution is 5.85. The molecule has 1 saturated carbocycles. The van der Waals surface area contributed by atoms with Gasteiger partial charge in [-0.3, -0.25) is 0 Å². The van der Waals surface area contributed by atoms with E-state index < -0.39 is 0 Å². The largest absolute Gasteiger partial charge is 0.368 e. The highest BCUT2D eigenvalue weighted by Gasteiger charge is 2.29. The van der Waals surface area contributed by atoms with E-state index in [1.54, 1.807) is 6.20 Å². The molecular weight excluding hydrogens is 385 g/mol. The SMILES string of the molecule is Cl.Cl.Nc1nc(NCc2ccccc2-n2cccn2)cc(C2CC(N)C2)n1. The number of nitrogen functional groups attached to an aromatic ring is 1. The molecule has 4 rings (SSSR count). The van der Waals surface area contributed by atoms with Gasteiger partial charge in [-0.15, -0.1) is 24.8 Å². The van der Waals surface area contributed by atoms with Gasteiger partial charge in [0.15, 0.2) is 0 Å². The maximum atomic E-state index is 5.88. The van der Waals surface area contributed by atoms with Crippen molar-refractivity contribution in [2.45, 2.75) is 31.3 Å². The summed E-state index contributed by atoms with van der Waals surface area (Å²) in [6.07, 6.45) is 5.61. The average molecular weight is 408 g/mol. The molecule has 0 amide bonds. The predicted molar refractivity (Wildman–Crippen MR) is 112 cm³/mol. The van der Waals surface area contributed by atoms with Gasteiger partial charge in [0.1, 0.15) is 5.82 Å². The number of benzene rings is 1. The first kappa shape index (κ1) is 21.0. The summed E-state index contributed by atoms with van der Waals surface area (Å²) in [4.78, 5) is 8.66. The van der Waals surface area contributed by atoms with E-state index >= 15 is 0 Å². The molecule has 2 heterocycles. The molecule has 0 aliphatic heterocycles. The Morgan fingerprint density at radius 1 is 1.11 bits per heavy atom. The summed E-state index contributed by atoms with van der Waals surface area (Å²) in [6.45, 7) is 0.621. The van der Waals surface area contributed by atoms with Crippen molar-refractivity contribution in [3.05, 3.63) is 60.0 Å². The van der Waals surface area contributed by atoms with Gasteiger partial charge in [0, 0.05) is 37.0 Å². The molecule has 0 saturated heterocycles. The van der Waals surface area contributed by atoms with Crippen molar-refractivity contribution in [1.82, 2.24) is 19.7 Å². The van der Waals surface area contributed by atoms with Gasteiger partial charge >= 0.3 is 0 Å². The molecular formula is C18H23Cl2N7. The van der Waals surface area contributed by atoms with Crippen molar-refractivity contribution in [1.29, 1.82) is 0 Å². The molecule has 0 spiro atoms. The zero-order chi connectivity index (χ0) is 17.2. The first-order valence-electron chi connectivity index (χ1n) is 8.41. The highest BCUT2D eigenvalue weighted by atomic mass is 35.5. The number of nitrogens with zero attached hydrogens (tertiary/aromatic N) is 4. The van der Waals surface area contributed by atoms with Crippen molar-refractivity contribution >= 4 is 36.6 Å². The Kier molecular flexibility index (Phi) is 7.01. The molecule has 0 atom stereocenters. The second-order valence-electron chi connectivity index (χ2n) is 6.40. The van der Waals surface area contributed by atoms with E-state index in [-0.39, 0.29) is 30.9 Å². The molecule has 0 unspecified atom stereocenters. The number of halogens is 2. The van der Waals surface area contributed by atoms with Gasteiger partial charge < -0.3 is 16.8 Å². The molecule has 3 aromatic rings. The minimum absolute atomic E-state index is 0. The fourth-order valence-corrected chi connectivity index (χ4v) is 3.17. The number of nitrogens with one attached hydrogen (secondary N) is 1. The van der Waals surface area contributed by atoms with Crippen LogP contribution in [0.1, 0.15) is 30.0 Å². The van der Waals surface area contributed by atoms with E-state index in [2.05, 4.69) is 26.4 Å². The summed E-state index contributed by atoms with van der Waals surface area (Å²) in [5, 5.41) is 7.67. The van der Waals surface area contributed by atoms with E-state index in [9.17, 15) is 0 Å². The van der Waals surface area contributed by atoms with E-state index in [1.807, 2.05) is 41.2 Å². The molecule has 0 bridgehead atoms. The number of nitrogens with two attached hydrogens (primary N) is 2. The van der Waals surface area contributed by atoms with Gasteiger partial charge in [0.25, 0.3) is 0 Å². The monoisotopic (exact) mass is 407 g/mol. The van der Waals surface area contributed by atoms with E-state index in [0.29, 0.717) is 18.4 Å². The number of aromatic nitrogens is 4. The Morgan fingerprint density at radius 2 is 1.89 bits per heavy atom. The molecule has 2 aromatic heterocycles. The highest BCUT2D eigenvalue weighted by Crippen LogP contribution is 2.35. The van der Waals surface area contributed by atoms with Crippen LogP contribution in [0, 0.1) is 0 Å². The summed E-state index contributed by atoms with van der Waals surface area (Å²) in [7, 11) is 0. The summed E-state index contributed by atoms with van der Waals surface area (Å²) in [5.41, 5.74) is 14.9. The van der Waals surface area contributed by atoms with Gasteiger partial charge in [0.2, 0.25) is 5.95 Å². The fourth-order valence-electron chi connectivity index (χ4n) is 3.17. The molecule has 1 fully saturated rings. The van der Waals surface area contributed by atoms with Crippen molar-refractivity contribution in [2.24, 2.45) is 5.73 Å². The Morgan fingerprint density at radius 3 is 2.59 bits per heavy atom. The third-order valence-corrected chi connectivity index (χ3v) is 4.56. The fraction of sp³-hybridized carbons (Fsp3) is 0.278. The topological polar surface area (TPSA) is 108 Å². The number of hydrogen-bond acceptors (Lipinski definition) is 6. The molecule has 27 heavy (non-hydrogen) atoms. The van der Waals surface area contributed by atoms with Crippen molar-refractivity contribution < 1.29 is 0 Å². The van der Waals surface area contributed by atoms with Crippen LogP contribution in [0.15, 0.2) is 48.8 Å². The lowest BCUT2D eigenvalue weighted by molar-refractivity contribution is 0.345. The number of hydrogen-bond donors (Lipinski definition) is 3.